The number of anilines is 2. The predicted octanol–water partition coefficient (Wildman–Crippen LogP) is 5.24. The summed E-state index contributed by atoms with van der Waals surface area (Å²) >= 11 is 0. The summed E-state index contributed by atoms with van der Waals surface area (Å²) in [4.78, 5) is 20.9. The van der Waals surface area contributed by atoms with E-state index in [4.69, 9.17) is 0 Å². The quantitative estimate of drug-likeness (QED) is 0.668. The van der Waals surface area contributed by atoms with E-state index in [-0.39, 0.29) is 5.91 Å². The molecule has 1 aromatic carbocycles. The highest BCUT2D eigenvalue weighted by molar-refractivity contribution is 5.93. The minimum Gasteiger partial charge on any atom is -0.352 e. The first-order valence-electron chi connectivity index (χ1n) is 9.79. The highest BCUT2D eigenvalue weighted by Gasteiger charge is 2.15. The first kappa shape index (κ1) is 20.9. The fourth-order valence-corrected chi connectivity index (χ4v) is 2.89. The number of carbonyl (C=O) groups is 1. The SMILES string of the molecule is CC(C)CCNC(=O)c1cnc(Nc2c(C(C)C)cccc2C(C)C)nc1. The number of para-hydroxylation sites is 1. The van der Waals surface area contributed by atoms with Gasteiger partial charge in [-0.3, -0.25) is 4.79 Å². The topological polar surface area (TPSA) is 66.9 Å². The zero-order valence-electron chi connectivity index (χ0n) is 17.3. The van der Waals surface area contributed by atoms with E-state index >= 15 is 0 Å². The molecule has 0 radical (unpaired) electrons. The first-order valence-corrected chi connectivity index (χ1v) is 9.79. The van der Waals surface area contributed by atoms with Crippen molar-refractivity contribution in [1.82, 2.24) is 15.3 Å². The number of hydrogen-bond donors (Lipinski definition) is 2. The van der Waals surface area contributed by atoms with Crippen molar-refractivity contribution in [3.63, 3.8) is 0 Å². The Morgan fingerprint density at radius 2 is 1.52 bits per heavy atom. The summed E-state index contributed by atoms with van der Waals surface area (Å²) in [5.41, 5.74) is 4.02. The van der Waals surface area contributed by atoms with Gasteiger partial charge in [0.15, 0.2) is 0 Å². The van der Waals surface area contributed by atoms with Crippen LogP contribution in [0.15, 0.2) is 30.6 Å². The van der Waals surface area contributed by atoms with Gasteiger partial charge in [0, 0.05) is 24.6 Å². The Balaban J connectivity index is 2.16. The van der Waals surface area contributed by atoms with Crippen LogP contribution >= 0.6 is 0 Å². The molecule has 5 nitrogen and oxygen atoms in total. The number of aromatic nitrogens is 2. The molecule has 1 heterocycles. The molecule has 5 heteroatoms. The van der Waals surface area contributed by atoms with Crippen molar-refractivity contribution >= 4 is 17.5 Å². The van der Waals surface area contributed by atoms with E-state index in [0.29, 0.717) is 35.8 Å². The highest BCUT2D eigenvalue weighted by atomic mass is 16.1. The van der Waals surface area contributed by atoms with Crippen molar-refractivity contribution in [3.8, 4) is 0 Å². The van der Waals surface area contributed by atoms with Gasteiger partial charge in [-0.1, -0.05) is 59.7 Å². The Hall–Kier alpha value is -2.43. The summed E-state index contributed by atoms with van der Waals surface area (Å²) in [6.45, 7) is 13.6. The lowest BCUT2D eigenvalue weighted by Gasteiger charge is -2.20. The number of rotatable bonds is 8. The van der Waals surface area contributed by atoms with Crippen molar-refractivity contribution in [2.75, 3.05) is 11.9 Å². The second kappa shape index (κ2) is 9.49. The minimum absolute atomic E-state index is 0.132. The molecule has 0 aliphatic heterocycles. The Labute approximate surface area is 163 Å². The summed E-state index contributed by atoms with van der Waals surface area (Å²) in [7, 11) is 0. The Morgan fingerprint density at radius 3 is 2.00 bits per heavy atom. The van der Waals surface area contributed by atoms with Crippen LogP contribution in [0.25, 0.3) is 0 Å². The molecule has 2 N–H and O–H groups in total. The normalized spacial score (nSPS) is 11.3. The highest BCUT2D eigenvalue weighted by Crippen LogP contribution is 2.33. The average Bonchev–Trinajstić information content (AvgIpc) is 2.61. The molecule has 2 rings (SSSR count). The Morgan fingerprint density at radius 1 is 0.963 bits per heavy atom. The van der Waals surface area contributed by atoms with E-state index in [1.54, 1.807) is 12.4 Å². The number of nitrogens with zero attached hydrogens (tertiary/aromatic N) is 2. The molecule has 0 fully saturated rings. The van der Waals surface area contributed by atoms with Crippen molar-refractivity contribution < 1.29 is 4.79 Å². The van der Waals surface area contributed by atoms with Crippen LogP contribution < -0.4 is 10.6 Å². The van der Waals surface area contributed by atoms with Gasteiger partial charge in [-0.05, 0) is 35.3 Å². The van der Waals surface area contributed by atoms with Crippen LogP contribution in [0, 0.1) is 5.92 Å². The number of carbonyl (C=O) groups excluding carboxylic acids is 1. The van der Waals surface area contributed by atoms with Gasteiger partial charge in [0.25, 0.3) is 5.91 Å². The van der Waals surface area contributed by atoms with Crippen LogP contribution in [-0.2, 0) is 0 Å². The average molecular weight is 369 g/mol. The van der Waals surface area contributed by atoms with E-state index in [0.717, 1.165) is 12.1 Å². The summed E-state index contributed by atoms with van der Waals surface area (Å²) in [5.74, 6) is 1.70. The van der Waals surface area contributed by atoms with Crippen LogP contribution in [0.4, 0.5) is 11.6 Å². The second-order valence-electron chi connectivity index (χ2n) is 7.98. The lowest BCUT2D eigenvalue weighted by atomic mass is 9.93. The molecule has 0 aliphatic carbocycles. The molecule has 0 atom stereocenters. The van der Waals surface area contributed by atoms with Crippen LogP contribution in [-0.4, -0.2) is 22.4 Å². The third-order valence-electron chi connectivity index (χ3n) is 4.53. The van der Waals surface area contributed by atoms with Crippen molar-refractivity contribution in [1.29, 1.82) is 0 Å². The number of amides is 1. The fourth-order valence-electron chi connectivity index (χ4n) is 2.89. The van der Waals surface area contributed by atoms with Gasteiger partial charge < -0.3 is 10.6 Å². The molecule has 0 bridgehead atoms. The lowest BCUT2D eigenvalue weighted by molar-refractivity contribution is 0.0951. The Kier molecular flexibility index (Phi) is 7.34. The molecule has 27 heavy (non-hydrogen) atoms. The maximum absolute atomic E-state index is 12.2. The second-order valence-corrected chi connectivity index (χ2v) is 7.98. The van der Waals surface area contributed by atoms with E-state index < -0.39 is 0 Å². The van der Waals surface area contributed by atoms with Crippen molar-refractivity contribution in [2.45, 2.75) is 59.8 Å². The molecular weight excluding hydrogens is 336 g/mol. The van der Waals surface area contributed by atoms with Crippen LogP contribution in [0.2, 0.25) is 0 Å². The Bertz CT molecular complexity index is 725. The molecule has 1 aromatic heterocycles. The molecule has 146 valence electrons. The molecular formula is C22H32N4O. The maximum Gasteiger partial charge on any atom is 0.254 e. The summed E-state index contributed by atoms with van der Waals surface area (Å²) in [6, 6.07) is 6.37. The maximum atomic E-state index is 12.2. The number of hydrogen-bond acceptors (Lipinski definition) is 4. The predicted molar refractivity (Wildman–Crippen MR) is 112 cm³/mol. The van der Waals surface area contributed by atoms with Crippen LogP contribution in [0.3, 0.4) is 0 Å². The van der Waals surface area contributed by atoms with Gasteiger partial charge in [-0.15, -0.1) is 0 Å². The lowest BCUT2D eigenvalue weighted by Crippen LogP contribution is -2.25. The van der Waals surface area contributed by atoms with Gasteiger partial charge in [0.1, 0.15) is 0 Å². The van der Waals surface area contributed by atoms with Crippen molar-refractivity contribution in [2.24, 2.45) is 5.92 Å². The van der Waals surface area contributed by atoms with E-state index in [9.17, 15) is 4.79 Å². The van der Waals surface area contributed by atoms with Gasteiger partial charge in [0.05, 0.1) is 5.56 Å². The first-order chi connectivity index (χ1) is 12.8. The molecule has 2 aromatic rings. The molecule has 0 saturated carbocycles. The monoisotopic (exact) mass is 368 g/mol. The third kappa shape index (κ3) is 5.78. The van der Waals surface area contributed by atoms with Gasteiger partial charge in [-0.25, -0.2) is 9.97 Å². The van der Waals surface area contributed by atoms with Crippen LogP contribution in [0.5, 0.6) is 0 Å². The molecule has 0 aliphatic rings. The zero-order chi connectivity index (χ0) is 20.0. The molecule has 0 spiro atoms. The number of nitrogens with one attached hydrogen (secondary N) is 2. The van der Waals surface area contributed by atoms with E-state index in [1.807, 2.05) is 0 Å². The summed E-state index contributed by atoms with van der Waals surface area (Å²) in [6.07, 6.45) is 4.11. The summed E-state index contributed by atoms with van der Waals surface area (Å²) < 4.78 is 0. The van der Waals surface area contributed by atoms with E-state index in [2.05, 4.69) is 80.3 Å². The fraction of sp³-hybridized carbons (Fsp3) is 0.500. The molecule has 0 unspecified atom stereocenters. The largest absolute Gasteiger partial charge is 0.352 e. The minimum atomic E-state index is -0.132. The van der Waals surface area contributed by atoms with Gasteiger partial charge in [0.2, 0.25) is 5.95 Å². The van der Waals surface area contributed by atoms with Crippen molar-refractivity contribution in [3.05, 3.63) is 47.3 Å². The molecule has 1 amide bonds. The zero-order valence-corrected chi connectivity index (χ0v) is 17.3. The van der Waals surface area contributed by atoms with Crippen LogP contribution in [0.1, 0.15) is 81.3 Å². The van der Waals surface area contributed by atoms with Gasteiger partial charge >= 0.3 is 0 Å². The van der Waals surface area contributed by atoms with E-state index in [1.165, 1.54) is 11.1 Å². The standard InChI is InChI=1S/C22H32N4O/c1-14(2)10-11-23-21(27)17-12-24-22(25-13-17)26-20-18(15(3)4)8-7-9-19(20)16(5)6/h7-9,12-16H,10-11H2,1-6H3,(H,23,27)(H,24,25,26). The molecule has 0 saturated heterocycles. The number of benzene rings is 1. The third-order valence-corrected chi connectivity index (χ3v) is 4.53. The van der Waals surface area contributed by atoms with Gasteiger partial charge in [-0.2, -0.15) is 0 Å². The summed E-state index contributed by atoms with van der Waals surface area (Å²) in [5, 5.41) is 6.28. The smallest absolute Gasteiger partial charge is 0.254 e.